The zero-order valence-electron chi connectivity index (χ0n) is 16.3. The summed E-state index contributed by atoms with van der Waals surface area (Å²) in [6, 6.07) is 0. The van der Waals surface area contributed by atoms with E-state index >= 15 is 0 Å². The van der Waals surface area contributed by atoms with Crippen LogP contribution in [0.2, 0.25) is 0 Å². The molecule has 154 valence electrons. The number of amides is 2. The Morgan fingerprint density at radius 3 is 2.61 bits per heavy atom. The van der Waals surface area contributed by atoms with E-state index in [0.717, 1.165) is 0 Å². The van der Waals surface area contributed by atoms with E-state index in [2.05, 4.69) is 5.10 Å². The lowest BCUT2D eigenvalue weighted by Gasteiger charge is -2.32. The summed E-state index contributed by atoms with van der Waals surface area (Å²) in [4.78, 5) is 49.1. The minimum Gasteiger partial charge on any atom is -0.481 e. The second kappa shape index (κ2) is 8.81. The van der Waals surface area contributed by atoms with Gasteiger partial charge in [0.1, 0.15) is 11.4 Å². The molecule has 1 fully saturated rings. The number of carboxylic acid groups (broad SMARTS) is 1. The molecule has 1 atom stereocenters. The van der Waals surface area contributed by atoms with Crippen LogP contribution in [0.5, 0.6) is 0 Å². The van der Waals surface area contributed by atoms with Gasteiger partial charge in [-0.3, -0.25) is 29.2 Å². The van der Waals surface area contributed by atoms with Crippen LogP contribution in [-0.2, 0) is 20.9 Å². The number of aryl methyl sites for hydroxylation is 2. The highest BCUT2D eigenvalue weighted by molar-refractivity contribution is 5.85. The molecule has 0 aromatic carbocycles. The first kappa shape index (κ1) is 21.3. The third kappa shape index (κ3) is 4.84. The average Bonchev–Trinajstić information content (AvgIpc) is 2.93. The number of likely N-dealkylation sites (tertiary alicyclic amines) is 1. The van der Waals surface area contributed by atoms with Gasteiger partial charge in [-0.05, 0) is 26.7 Å². The molecule has 0 spiro atoms. The van der Waals surface area contributed by atoms with Gasteiger partial charge in [0.15, 0.2) is 0 Å². The topological polar surface area (TPSA) is 139 Å². The number of nitrogens with zero attached hydrogens (tertiary/aromatic N) is 5. The van der Waals surface area contributed by atoms with Gasteiger partial charge in [0.2, 0.25) is 11.8 Å². The number of rotatable bonds is 7. The Bertz CT molecular complexity index is 789. The zero-order valence-corrected chi connectivity index (χ0v) is 16.3. The molecule has 1 N–H and O–H groups in total. The van der Waals surface area contributed by atoms with E-state index in [9.17, 15) is 24.5 Å². The predicted octanol–water partition coefficient (Wildman–Crippen LogP) is 0.580. The van der Waals surface area contributed by atoms with E-state index in [4.69, 9.17) is 5.11 Å². The van der Waals surface area contributed by atoms with Crippen LogP contribution in [0.1, 0.15) is 30.7 Å². The minimum absolute atomic E-state index is 0.0423. The van der Waals surface area contributed by atoms with E-state index in [1.807, 2.05) is 0 Å². The highest BCUT2D eigenvalue weighted by Gasteiger charge is 2.29. The Morgan fingerprint density at radius 1 is 1.36 bits per heavy atom. The molecule has 0 radical (unpaired) electrons. The number of carbonyl (C=O) groups is 3. The molecule has 1 aromatic rings. The summed E-state index contributed by atoms with van der Waals surface area (Å²) in [6.45, 7) is 3.79. The molecule has 0 aliphatic carbocycles. The molecule has 1 aliphatic rings. The average molecular weight is 395 g/mol. The largest absolute Gasteiger partial charge is 0.481 e. The molecule has 1 aromatic heterocycles. The van der Waals surface area contributed by atoms with Crippen molar-refractivity contribution in [2.75, 3.05) is 26.7 Å². The summed E-state index contributed by atoms with van der Waals surface area (Å²) in [6.07, 6.45) is 1.21. The number of aromatic nitrogens is 2. The maximum atomic E-state index is 12.4. The van der Waals surface area contributed by atoms with Crippen molar-refractivity contribution in [3.63, 3.8) is 0 Å². The summed E-state index contributed by atoms with van der Waals surface area (Å²) >= 11 is 0. The Hall–Kier alpha value is -2.98. The van der Waals surface area contributed by atoms with Gasteiger partial charge < -0.3 is 14.9 Å². The van der Waals surface area contributed by atoms with Crippen molar-refractivity contribution in [2.24, 2.45) is 5.92 Å². The van der Waals surface area contributed by atoms with Gasteiger partial charge in [-0.15, -0.1) is 0 Å². The first-order valence-electron chi connectivity index (χ1n) is 9.04. The Kier molecular flexibility index (Phi) is 6.71. The molecule has 2 heterocycles. The molecule has 28 heavy (non-hydrogen) atoms. The van der Waals surface area contributed by atoms with Crippen LogP contribution in [0, 0.1) is 29.9 Å². The number of carboxylic acids is 1. The lowest BCUT2D eigenvalue weighted by atomic mass is 9.98. The number of likely N-dealkylation sites (N-methyl/N-ethyl adjacent to an activating group) is 1. The SMILES string of the molecule is Cc1nn(CCC(=O)N(C)CC(=O)N2CCCC(C(=O)O)C2)c(C)c1[N+](=O)[O-]. The number of hydrogen-bond donors (Lipinski definition) is 1. The maximum absolute atomic E-state index is 12.4. The quantitative estimate of drug-likeness (QED) is 0.526. The van der Waals surface area contributed by atoms with Gasteiger partial charge in [-0.1, -0.05) is 0 Å². The molecule has 2 amide bonds. The molecule has 11 nitrogen and oxygen atoms in total. The first-order valence-corrected chi connectivity index (χ1v) is 9.04. The van der Waals surface area contributed by atoms with Gasteiger partial charge in [-0.25, -0.2) is 0 Å². The van der Waals surface area contributed by atoms with Gasteiger partial charge in [0, 0.05) is 26.6 Å². The maximum Gasteiger partial charge on any atom is 0.312 e. The molecular weight excluding hydrogens is 370 g/mol. The van der Waals surface area contributed by atoms with Crippen LogP contribution in [0.3, 0.4) is 0 Å². The van der Waals surface area contributed by atoms with Gasteiger partial charge >= 0.3 is 11.7 Å². The van der Waals surface area contributed by atoms with Crippen molar-refractivity contribution in [2.45, 2.75) is 39.7 Å². The molecule has 0 bridgehead atoms. The predicted molar refractivity (Wildman–Crippen MR) is 97.5 cm³/mol. The molecule has 2 rings (SSSR count). The second-order valence-corrected chi connectivity index (χ2v) is 7.02. The minimum atomic E-state index is -0.916. The summed E-state index contributed by atoms with van der Waals surface area (Å²) in [5.74, 6) is -2.07. The van der Waals surface area contributed by atoms with E-state index in [0.29, 0.717) is 25.1 Å². The third-order valence-corrected chi connectivity index (χ3v) is 4.98. The van der Waals surface area contributed by atoms with E-state index in [1.165, 1.54) is 28.5 Å². The molecule has 11 heteroatoms. The Labute approximate surface area is 162 Å². The van der Waals surface area contributed by atoms with Crippen molar-refractivity contribution in [3.05, 3.63) is 21.5 Å². The number of piperidine rings is 1. The third-order valence-electron chi connectivity index (χ3n) is 4.98. The smallest absolute Gasteiger partial charge is 0.312 e. The van der Waals surface area contributed by atoms with Crippen LogP contribution in [0.4, 0.5) is 5.69 Å². The number of nitro groups is 1. The Morgan fingerprint density at radius 2 is 2.04 bits per heavy atom. The monoisotopic (exact) mass is 395 g/mol. The fraction of sp³-hybridized carbons (Fsp3) is 0.647. The van der Waals surface area contributed by atoms with Crippen molar-refractivity contribution < 1.29 is 24.4 Å². The Balaban J connectivity index is 1.89. The summed E-state index contributed by atoms with van der Waals surface area (Å²) in [5.41, 5.74) is 0.604. The molecule has 1 saturated heterocycles. The van der Waals surface area contributed by atoms with Gasteiger partial charge in [-0.2, -0.15) is 5.10 Å². The lowest BCUT2D eigenvalue weighted by molar-refractivity contribution is -0.386. The zero-order chi connectivity index (χ0) is 21.0. The lowest BCUT2D eigenvalue weighted by Crippen LogP contribution is -2.47. The second-order valence-electron chi connectivity index (χ2n) is 7.02. The van der Waals surface area contributed by atoms with Crippen molar-refractivity contribution in [3.8, 4) is 0 Å². The molecule has 1 unspecified atom stereocenters. The van der Waals surface area contributed by atoms with Crippen LogP contribution in [0.25, 0.3) is 0 Å². The fourth-order valence-corrected chi connectivity index (χ4v) is 3.36. The standard InChI is InChI=1S/C17H25N5O6/c1-11-16(22(27)28)12(2)21(18-11)8-6-14(23)19(3)10-15(24)20-7-4-5-13(9-20)17(25)26/h13H,4-10H2,1-3H3,(H,25,26). The van der Waals surface area contributed by atoms with Crippen molar-refractivity contribution in [1.29, 1.82) is 0 Å². The van der Waals surface area contributed by atoms with Crippen molar-refractivity contribution in [1.82, 2.24) is 19.6 Å². The number of hydrogen-bond acceptors (Lipinski definition) is 6. The summed E-state index contributed by atoms with van der Waals surface area (Å²) in [7, 11) is 1.50. The highest BCUT2D eigenvalue weighted by Crippen LogP contribution is 2.22. The number of carbonyl (C=O) groups excluding carboxylic acids is 2. The van der Waals surface area contributed by atoms with Crippen LogP contribution < -0.4 is 0 Å². The molecular formula is C17H25N5O6. The summed E-state index contributed by atoms with van der Waals surface area (Å²) in [5, 5.41) is 24.2. The molecule has 1 aliphatic heterocycles. The van der Waals surface area contributed by atoms with Crippen LogP contribution in [0.15, 0.2) is 0 Å². The molecule has 0 saturated carbocycles. The fourth-order valence-electron chi connectivity index (χ4n) is 3.36. The van der Waals surface area contributed by atoms with E-state index in [1.54, 1.807) is 6.92 Å². The summed E-state index contributed by atoms with van der Waals surface area (Å²) < 4.78 is 1.42. The van der Waals surface area contributed by atoms with Gasteiger partial charge in [0.25, 0.3) is 0 Å². The number of aliphatic carboxylic acids is 1. The first-order chi connectivity index (χ1) is 13.1. The van der Waals surface area contributed by atoms with Crippen LogP contribution in [-0.4, -0.2) is 74.1 Å². The van der Waals surface area contributed by atoms with Crippen LogP contribution >= 0.6 is 0 Å². The van der Waals surface area contributed by atoms with Gasteiger partial charge in [0.05, 0.1) is 23.9 Å². The highest BCUT2D eigenvalue weighted by atomic mass is 16.6. The van der Waals surface area contributed by atoms with E-state index in [-0.39, 0.29) is 49.3 Å². The van der Waals surface area contributed by atoms with Crippen molar-refractivity contribution >= 4 is 23.5 Å². The van der Waals surface area contributed by atoms with E-state index < -0.39 is 16.8 Å². The normalized spacial score (nSPS) is 16.7.